The van der Waals surface area contributed by atoms with E-state index in [1.54, 1.807) is 0 Å². The van der Waals surface area contributed by atoms with E-state index < -0.39 is 0 Å². The minimum atomic E-state index is 0.0633. The SMILES string of the molecule is Cc1cccc(COc2ccc(C(=O)c3cccs3)cc2C)c1. The van der Waals surface area contributed by atoms with Crippen LogP contribution < -0.4 is 4.74 Å². The molecule has 0 bridgehead atoms. The summed E-state index contributed by atoms with van der Waals surface area (Å²) in [5.74, 6) is 0.877. The molecule has 2 nitrogen and oxygen atoms in total. The first-order valence-corrected chi connectivity index (χ1v) is 8.38. The summed E-state index contributed by atoms with van der Waals surface area (Å²) in [7, 11) is 0. The van der Waals surface area contributed by atoms with Gasteiger partial charge in [0.25, 0.3) is 0 Å². The van der Waals surface area contributed by atoms with Crippen molar-refractivity contribution in [3.63, 3.8) is 0 Å². The predicted octanol–water partition coefficient (Wildman–Crippen LogP) is 5.17. The molecule has 0 unspecified atom stereocenters. The summed E-state index contributed by atoms with van der Waals surface area (Å²) >= 11 is 1.46. The molecule has 0 radical (unpaired) electrons. The lowest BCUT2D eigenvalue weighted by Gasteiger charge is -2.11. The van der Waals surface area contributed by atoms with Gasteiger partial charge < -0.3 is 4.74 Å². The van der Waals surface area contributed by atoms with Crippen LogP contribution in [0.5, 0.6) is 5.75 Å². The van der Waals surface area contributed by atoms with Crippen LogP contribution in [0.2, 0.25) is 0 Å². The number of carbonyl (C=O) groups is 1. The first-order valence-electron chi connectivity index (χ1n) is 7.51. The number of ether oxygens (including phenoxy) is 1. The van der Waals surface area contributed by atoms with Crippen LogP contribution in [0.25, 0.3) is 0 Å². The van der Waals surface area contributed by atoms with E-state index in [0.29, 0.717) is 12.2 Å². The number of benzene rings is 2. The Morgan fingerprint density at radius 1 is 1.04 bits per heavy atom. The molecule has 23 heavy (non-hydrogen) atoms. The van der Waals surface area contributed by atoms with Gasteiger partial charge in [-0.2, -0.15) is 0 Å². The van der Waals surface area contributed by atoms with E-state index in [0.717, 1.165) is 21.8 Å². The molecule has 0 fully saturated rings. The van der Waals surface area contributed by atoms with Gasteiger partial charge in [-0.3, -0.25) is 4.79 Å². The maximum atomic E-state index is 12.4. The molecule has 0 spiro atoms. The van der Waals surface area contributed by atoms with E-state index in [4.69, 9.17) is 4.74 Å². The highest BCUT2D eigenvalue weighted by atomic mass is 32.1. The predicted molar refractivity (Wildman–Crippen MR) is 94.4 cm³/mol. The zero-order valence-electron chi connectivity index (χ0n) is 13.2. The number of ketones is 1. The Bertz CT molecular complexity index is 819. The first-order chi connectivity index (χ1) is 11.1. The van der Waals surface area contributed by atoms with Gasteiger partial charge in [-0.1, -0.05) is 35.9 Å². The molecule has 2 aromatic carbocycles. The van der Waals surface area contributed by atoms with Crippen molar-refractivity contribution < 1.29 is 9.53 Å². The molecule has 1 aromatic heterocycles. The van der Waals surface area contributed by atoms with Gasteiger partial charge in [0.05, 0.1) is 4.88 Å². The van der Waals surface area contributed by atoms with Crippen LogP contribution in [0.15, 0.2) is 60.0 Å². The minimum Gasteiger partial charge on any atom is -0.489 e. The molecule has 1 heterocycles. The highest BCUT2D eigenvalue weighted by Gasteiger charge is 2.11. The van der Waals surface area contributed by atoms with E-state index in [9.17, 15) is 4.79 Å². The van der Waals surface area contributed by atoms with Crippen molar-refractivity contribution in [2.45, 2.75) is 20.5 Å². The monoisotopic (exact) mass is 322 g/mol. The third-order valence-corrected chi connectivity index (χ3v) is 4.53. The van der Waals surface area contributed by atoms with Crippen molar-refractivity contribution in [2.75, 3.05) is 0 Å². The summed E-state index contributed by atoms with van der Waals surface area (Å²) in [6, 6.07) is 17.6. The number of hydrogen-bond donors (Lipinski definition) is 0. The molecule has 0 N–H and O–H groups in total. The third-order valence-electron chi connectivity index (χ3n) is 3.66. The number of rotatable bonds is 5. The Kier molecular flexibility index (Phi) is 4.58. The summed E-state index contributed by atoms with van der Waals surface area (Å²) in [5, 5.41) is 1.92. The van der Waals surface area contributed by atoms with Crippen molar-refractivity contribution in [3.8, 4) is 5.75 Å². The average Bonchev–Trinajstić information content (AvgIpc) is 3.07. The van der Waals surface area contributed by atoms with E-state index >= 15 is 0 Å². The molecule has 0 aliphatic rings. The Hall–Kier alpha value is -2.39. The summed E-state index contributed by atoms with van der Waals surface area (Å²) < 4.78 is 5.89. The van der Waals surface area contributed by atoms with E-state index in [2.05, 4.69) is 25.1 Å². The molecule has 0 atom stereocenters. The lowest BCUT2D eigenvalue weighted by molar-refractivity contribution is 0.104. The van der Waals surface area contributed by atoms with Gasteiger partial charge in [0.15, 0.2) is 0 Å². The second-order valence-electron chi connectivity index (χ2n) is 5.56. The molecule has 3 aromatic rings. The normalized spacial score (nSPS) is 10.5. The fourth-order valence-electron chi connectivity index (χ4n) is 2.47. The largest absolute Gasteiger partial charge is 0.489 e. The average molecular weight is 322 g/mol. The van der Waals surface area contributed by atoms with E-state index in [-0.39, 0.29) is 5.78 Å². The fourth-order valence-corrected chi connectivity index (χ4v) is 3.15. The number of thiophene rings is 1. The lowest BCUT2D eigenvalue weighted by atomic mass is 10.1. The Morgan fingerprint density at radius 3 is 2.61 bits per heavy atom. The third kappa shape index (κ3) is 3.69. The smallest absolute Gasteiger partial charge is 0.202 e. The zero-order valence-corrected chi connectivity index (χ0v) is 14.0. The molecule has 0 aliphatic carbocycles. The Morgan fingerprint density at radius 2 is 1.91 bits per heavy atom. The Labute approximate surface area is 140 Å². The van der Waals surface area contributed by atoms with Crippen molar-refractivity contribution in [2.24, 2.45) is 0 Å². The lowest BCUT2D eigenvalue weighted by Crippen LogP contribution is -2.01. The molecule has 3 heteroatoms. The topological polar surface area (TPSA) is 26.3 Å². The van der Waals surface area contributed by atoms with Crippen LogP contribution in [0.3, 0.4) is 0 Å². The second kappa shape index (κ2) is 6.80. The zero-order chi connectivity index (χ0) is 16.2. The highest BCUT2D eigenvalue weighted by Crippen LogP contribution is 2.23. The maximum absolute atomic E-state index is 12.4. The van der Waals surface area contributed by atoms with Crippen LogP contribution >= 0.6 is 11.3 Å². The van der Waals surface area contributed by atoms with E-state index in [1.807, 2.05) is 48.7 Å². The van der Waals surface area contributed by atoms with Crippen LogP contribution in [-0.2, 0) is 6.61 Å². The van der Waals surface area contributed by atoms with Gasteiger partial charge in [-0.25, -0.2) is 0 Å². The van der Waals surface area contributed by atoms with Crippen LogP contribution in [-0.4, -0.2) is 5.78 Å². The maximum Gasteiger partial charge on any atom is 0.202 e. The summed E-state index contributed by atoms with van der Waals surface area (Å²) in [5.41, 5.74) is 4.04. The fraction of sp³-hybridized carbons (Fsp3) is 0.150. The summed E-state index contributed by atoms with van der Waals surface area (Å²) in [4.78, 5) is 13.1. The molecule has 0 saturated heterocycles. The van der Waals surface area contributed by atoms with Crippen molar-refractivity contribution in [1.29, 1.82) is 0 Å². The van der Waals surface area contributed by atoms with Gasteiger partial charge in [0.1, 0.15) is 12.4 Å². The number of hydrogen-bond acceptors (Lipinski definition) is 3. The first kappa shape index (κ1) is 15.5. The van der Waals surface area contributed by atoms with Gasteiger partial charge in [0, 0.05) is 5.56 Å². The summed E-state index contributed by atoms with van der Waals surface area (Å²) in [6.07, 6.45) is 0. The van der Waals surface area contributed by atoms with Crippen molar-refractivity contribution in [1.82, 2.24) is 0 Å². The number of aryl methyl sites for hydroxylation is 2. The molecular weight excluding hydrogens is 304 g/mol. The molecule has 3 rings (SSSR count). The quantitative estimate of drug-likeness (QED) is 0.605. The minimum absolute atomic E-state index is 0.0633. The van der Waals surface area contributed by atoms with Crippen molar-refractivity contribution >= 4 is 17.1 Å². The summed E-state index contributed by atoms with van der Waals surface area (Å²) in [6.45, 7) is 4.57. The number of carbonyl (C=O) groups excluding carboxylic acids is 1. The molecule has 0 saturated carbocycles. The molecule has 0 aliphatic heterocycles. The van der Waals surface area contributed by atoms with Gasteiger partial charge in [-0.15, -0.1) is 11.3 Å². The van der Waals surface area contributed by atoms with Crippen LogP contribution in [0, 0.1) is 13.8 Å². The molecule has 116 valence electrons. The second-order valence-corrected chi connectivity index (χ2v) is 6.51. The highest BCUT2D eigenvalue weighted by molar-refractivity contribution is 7.12. The van der Waals surface area contributed by atoms with Crippen LogP contribution in [0.4, 0.5) is 0 Å². The van der Waals surface area contributed by atoms with Crippen molar-refractivity contribution in [3.05, 3.63) is 87.1 Å². The van der Waals surface area contributed by atoms with Gasteiger partial charge >= 0.3 is 0 Å². The Balaban J connectivity index is 1.73. The van der Waals surface area contributed by atoms with E-state index in [1.165, 1.54) is 16.9 Å². The molecular formula is C20H18O2S. The molecule has 0 amide bonds. The standard InChI is InChI=1S/C20H18O2S/c1-14-5-3-6-16(11-14)13-22-18-9-8-17(12-15(18)2)20(21)19-7-4-10-23-19/h3-12H,13H2,1-2H3. The van der Waals surface area contributed by atoms with Gasteiger partial charge in [0.2, 0.25) is 5.78 Å². The van der Waals surface area contributed by atoms with Gasteiger partial charge in [-0.05, 0) is 54.6 Å². The van der Waals surface area contributed by atoms with Crippen LogP contribution in [0.1, 0.15) is 31.9 Å².